The van der Waals surface area contributed by atoms with Crippen molar-refractivity contribution in [1.29, 1.82) is 0 Å². The molecule has 0 bridgehead atoms. The van der Waals surface area contributed by atoms with E-state index >= 15 is 0 Å². The maximum atomic E-state index is 13.5. The molecule has 2 fully saturated rings. The standard InChI is InChI=1S/C24H36N2O5S/c1-16-15-17(2)19(4)21(18(16)3)32(29,30)26-13-9-20(10-14-26)22(27)25-24(23(28)31-5)11-7-6-8-12-24/h15,20H,6-14H2,1-5H3,(H,25,27). The number of piperidine rings is 1. The van der Waals surface area contributed by atoms with E-state index in [-0.39, 0.29) is 30.9 Å². The van der Waals surface area contributed by atoms with Crippen molar-refractivity contribution in [3.63, 3.8) is 0 Å². The molecule has 0 aromatic heterocycles. The Morgan fingerprint density at radius 2 is 1.53 bits per heavy atom. The van der Waals surface area contributed by atoms with Gasteiger partial charge in [-0.15, -0.1) is 0 Å². The second-order valence-corrected chi connectivity index (χ2v) is 11.3. The summed E-state index contributed by atoms with van der Waals surface area (Å²) in [4.78, 5) is 25.9. The molecule has 1 aliphatic heterocycles. The van der Waals surface area contributed by atoms with Gasteiger partial charge in [0.25, 0.3) is 0 Å². The number of benzene rings is 1. The summed E-state index contributed by atoms with van der Waals surface area (Å²) in [6.45, 7) is 8.14. The minimum absolute atomic E-state index is 0.173. The highest BCUT2D eigenvalue weighted by Gasteiger charge is 2.44. The van der Waals surface area contributed by atoms with Crippen LogP contribution in [0, 0.1) is 33.6 Å². The molecule has 1 aromatic carbocycles. The Morgan fingerprint density at radius 3 is 2.03 bits per heavy atom. The van der Waals surface area contributed by atoms with Crippen LogP contribution >= 0.6 is 0 Å². The number of ether oxygens (including phenoxy) is 1. The van der Waals surface area contributed by atoms with Gasteiger partial charge in [0, 0.05) is 19.0 Å². The lowest BCUT2D eigenvalue weighted by Gasteiger charge is -2.38. The topological polar surface area (TPSA) is 92.8 Å². The van der Waals surface area contributed by atoms with Crippen molar-refractivity contribution in [2.24, 2.45) is 5.92 Å². The number of rotatable bonds is 5. The molecule has 2 aliphatic rings. The Morgan fingerprint density at radius 1 is 1.00 bits per heavy atom. The second kappa shape index (κ2) is 9.51. The number of esters is 1. The third-order valence-electron chi connectivity index (χ3n) is 7.37. The van der Waals surface area contributed by atoms with E-state index in [4.69, 9.17) is 4.74 Å². The molecule has 0 spiro atoms. The quantitative estimate of drug-likeness (QED) is 0.675. The number of carbonyl (C=O) groups is 2. The minimum Gasteiger partial charge on any atom is -0.467 e. The normalized spacial score (nSPS) is 20.0. The fourth-order valence-corrected chi connectivity index (χ4v) is 7.17. The summed E-state index contributed by atoms with van der Waals surface area (Å²) in [5.41, 5.74) is 2.54. The third-order valence-corrected chi connectivity index (χ3v) is 9.54. The number of carbonyl (C=O) groups excluding carboxylic acids is 2. The molecule has 1 saturated carbocycles. The lowest BCUT2D eigenvalue weighted by atomic mass is 9.81. The van der Waals surface area contributed by atoms with E-state index in [0.717, 1.165) is 41.5 Å². The highest BCUT2D eigenvalue weighted by molar-refractivity contribution is 7.89. The first-order valence-corrected chi connectivity index (χ1v) is 13.0. The van der Waals surface area contributed by atoms with Crippen LogP contribution in [0.25, 0.3) is 0 Å². The van der Waals surface area contributed by atoms with Crippen LogP contribution in [0.5, 0.6) is 0 Å². The zero-order chi connectivity index (χ0) is 23.7. The van der Waals surface area contributed by atoms with Crippen molar-refractivity contribution in [1.82, 2.24) is 9.62 Å². The van der Waals surface area contributed by atoms with Crippen LogP contribution in [-0.4, -0.2) is 50.3 Å². The number of nitrogens with zero attached hydrogens (tertiary/aromatic N) is 1. The van der Waals surface area contributed by atoms with Crippen LogP contribution in [0.3, 0.4) is 0 Å². The fourth-order valence-electron chi connectivity index (χ4n) is 5.12. The number of nitrogens with one attached hydrogen (secondary N) is 1. The highest BCUT2D eigenvalue weighted by atomic mass is 32.2. The Labute approximate surface area is 191 Å². The Bertz CT molecular complexity index is 962. The number of methoxy groups -OCH3 is 1. The van der Waals surface area contributed by atoms with Crippen molar-refractivity contribution >= 4 is 21.9 Å². The average Bonchev–Trinajstić information content (AvgIpc) is 2.77. The van der Waals surface area contributed by atoms with Gasteiger partial charge in [-0.3, -0.25) is 4.79 Å². The monoisotopic (exact) mass is 464 g/mol. The molecule has 178 valence electrons. The van der Waals surface area contributed by atoms with Crippen molar-refractivity contribution in [3.8, 4) is 0 Å². The summed E-state index contributed by atoms with van der Waals surface area (Å²) in [6, 6.07) is 2.02. The molecule has 0 radical (unpaired) electrons. The summed E-state index contributed by atoms with van der Waals surface area (Å²) >= 11 is 0. The summed E-state index contributed by atoms with van der Waals surface area (Å²) in [5.74, 6) is -0.870. The van der Waals surface area contributed by atoms with Gasteiger partial charge in [-0.1, -0.05) is 25.3 Å². The van der Waals surface area contributed by atoms with E-state index in [1.165, 1.54) is 11.4 Å². The van der Waals surface area contributed by atoms with Gasteiger partial charge in [0.15, 0.2) is 0 Å². The van der Waals surface area contributed by atoms with Gasteiger partial charge in [0.05, 0.1) is 12.0 Å². The van der Waals surface area contributed by atoms with E-state index in [9.17, 15) is 18.0 Å². The third kappa shape index (κ3) is 4.57. The van der Waals surface area contributed by atoms with Crippen LogP contribution in [0.1, 0.15) is 67.2 Å². The number of sulfonamides is 1. The minimum atomic E-state index is -3.65. The molecule has 7 nitrogen and oxygen atoms in total. The first-order valence-electron chi connectivity index (χ1n) is 11.5. The molecular weight excluding hydrogens is 428 g/mol. The predicted octanol–water partition coefficient (Wildman–Crippen LogP) is 3.31. The average molecular weight is 465 g/mol. The summed E-state index contributed by atoms with van der Waals surface area (Å²) in [5, 5.41) is 2.99. The molecule has 0 atom stereocenters. The Kier molecular flexibility index (Phi) is 7.34. The fraction of sp³-hybridized carbons (Fsp3) is 0.667. The van der Waals surface area contributed by atoms with Crippen LogP contribution < -0.4 is 5.32 Å². The van der Waals surface area contributed by atoms with E-state index in [1.54, 1.807) is 0 Å². The second-order valence-electron chi connectivity index (χ2n) is 9.39. The Hall–Kier alpha value is -1.93. The molecule has 3 rings (SSSR count). The number of amides is 1. The van der Waals surface area contributed by atoms with Crippen LogP contribution in [0.15, 0.2) is 11.0 Å². The SMILES string of the molecule is COC(=O)C1(NC(=O)C2CCN(S(=O)(=O)c3c(C)c(C)cc(C)c3C)CC2)CCCCC1. The van der Waals surface area contributed by atoms with Gasteiger partial charge in [0.1, 0.15) is 5.54 Å². The first-order chi connectivity index (χ1) is 15.0. The smallest absolute Gasteiger partial charge is 0.331 e. The van der Waals surface area contributed by atoms with Gasteiger partial charge < -0.3 is 10.1 Å². The van der Waals surface area contributed by atoms with Gasteiger partial charge in [-0.2, -0.15) is 4.31 Å². The van der Waals surface area contributed by atoms with Crippen LogP contribution in [-0.2, 0) is 24.3 Å². The van der Waals surface area contributed by atoms with E-state index in [2.05, 4.69) is 5.32 Å². The van der Waals surface area contributed by atoms with Crippen LogP contribution in [0.2, 0.25) is 0 Å². The summed E-state index contributed by atoms with van der Waals surface area (Å²) in [7, 11) is -2.29. The van der Waals surface area contributed by atoms with Crippen molar-refractivity contribution in [3.05, 3.63) is 28.3 Å². The van der Waals surface area contributed by atoms with E-state index < -0.39 is 15.6 Å². The zero-order valence-corrected chi connectivity index (χ0v) is 20.7. The number of hydrogen-bond donors (Lipinski definition) is 1. The Balaban J connectivity index is 1.72. The van der Waals surface area contributed by atoms with Crippen molar-refractivity contribution in [2.45, 2.75) is 83.1 Å². The molecule has 1 saturated heterocycles. The molecular formula is C24H36N2O5S. The molecule has 0 unspecified atom stereocenters. The number of hydrogen-bond acceptors (Lipinski definition) is 5. The van der Waals surface area contributed by atoms with Gasteiger partial charge in [-0.05, 0) is 75.6 Å². The summed E-state index contributed by atoms with van der Waals surface area (Å²) < 4.78 is 33.4. The first kappa shape index (κ1) is 24.7. The van der Waals surface area contributed by atoms with E-state index in [0.29, 0.717) is 30.6 Å². The van der Waals surface area contributed by atoms with Crippen molar-refractivity contribution in [2.75, 3.05) is 20.2 Å². The lowest BCUT2D eigenvalue weighted by molar-refractivity contribution is -0.153. The molecule has 1 aromatic rings. The molecule has 32 heavy (non-hydrogen) atoms. The van der Waals surface area contributed by atoms with Gasteiger partial charge >= 0.3 is 5.97 Å². The predicted molar refractivity (Wildman–Crippen MR) is 123 cm³/mol. The zero-order valence-electron chi connectivity index (χ0n) is 19.9. The number of aryl methyl sites for hydroxylation is 2. The maximum absolute atomic E-state index is 13.5. The largest absolute Gasteiger partial charge is 0.467 e. The maximum Gasteiger partial charge on any atom is 0.331 e. The highest BCUT2D eigenvalue weighted by Crippen LogP contribution is 2.33. The molecule has 1 aliphatic carbocycles. The van der Waals surface area contributed by atoms with Gasteiger partial charge in [-0.25, -0.2) is 13.2 Å². The van der Waals surface area contributed by atoms with Crippen molar-refractivity contribution < 1.29 is 22.7 Å². The molecule has 1 heterocycles. The van der Waals surface area contributed by atoms with Crippen LogP contribution in [0.4, 0.5) is 0 Å². The lowest BCUT2D eigenvalue weighted by Crippen LogP contribution is -2.58. The molecule has 8 heteroatoms. The molecule has 1 N–H and O–H groups in total. The van der Waals surface area contributed by atoms with E-state index in [1.807, 2.05) is 33.8 Å². The summed E-state index contributed by atoms with van der Waals surface area (Å²) in [6.07, 6.45) is 4.84. The molecule has 1 amide bonds. The van der Waals surface area contributed by atoms with Gasteiger partial charge in [0.2, 0.25) is 15.9 Å².